The number of aryl methyl sites for hydroxylation is 1. The average Bonchev–Trinajstić information content (AvgIpc) is 3.81. The highest BCUT2D eigenvalue weighted by atomic mass is 32.2. The van der Waals surface area contributed by atoms with Crippen LogP contribution in [0, 0.1) is 18.8 Å². The molecule has 2 aliphatic rings. The van der Waals surface area contributed by atoms with Gasteiger partial charge in [-0.05, 0) is 106 Å². The molecule has 0 aliphatic carbocycles. The van der Waals surface area contributed by atoms with E-state index in [0.717, 1.165) is 33.4 Å². The highest BCUT2D eigenvalue weighted by molar-refractivity contribution is 7.86. The number of benzene rings is 3. The van der Waals surface area contributed by atoms with Crippen LogP contribution in [0.25, 0.3) is 33.6 Å². The van der Waals surface area contributed by atoms with Crippen LogP contribution in [0.3, 0.4) is 0 Å². The zero-order chi connectivity index (χ0) is 44.2. The van der Waals surface area contributed by atoms with Crippen LogP contribution < -0.4 is 9.80 Å². The molecule has 1 N–H and O–H groups in total. The molecule has 2 fully saturated rings. The number of anilines is 2. The SMILES string of the molecule is [2H]C([2H])(O)C([2H])([2H])C1CCN(c2ccn3c(n2)nc2ccccc23)CC1.[2H]C([2H])(OS(=O)(=O)c1ccc(C)cc1)C([2H])([2H])C1CCN(c2ccn3c(n2)nc2ccccc23)CC1. The zero-order valence-electron chi connectivity index (χ0n) is 37.7. The summed E-state index contributed by atoms with van der Waals surface area (Å²) in [5.41, 5.74) is 4.53. The van der Waals surface area contributed by atoms with Crippen molar-refractivity contribution in [2.45, 2.75) is 50.2 Å². The van der Waals surface area contributed by atoms with Gasteiger partial charge in [0, 0.05) is 50.6 Å². The Labute approximate surface area is 326 Å². The molecule has 0 atom stereocenters. The molecule has 7 aromatic rings. The number of aliphatic hydroxyl groups is 1. The number of piperidine rings is 2. The standard InChI is InChI=1S/C24H26N4O3S.C17H20N4O/c1-18-6-8-20(9-7-18)32(29,30)31-17-13-19-10-14-27(15-11-19)23-12-16-28-22-5-3-2-4-21(22)25-24(28)26-23;22-12-8-13-5-9-20(10-6-13)16-7-11-21-15-4-2-1-3-14(15)18-17(21)19-16/h2-9,12,16,19H,10-11,13-15,17H2,1H3;1-4,7,11,13,22H,5-6,8-10,12H2/i13D2,17D2;8D2,12D2. The highest BCUT2D eigenvalue weighted by Gasteiger charge is 2.23. The topological polar surface area (TPSA) is 130 Å². The van der Waals surface area contributed by atoms with E-state index in [0.29, 0.717) is 69.2 Å². The van der Waals surface area contributed by atoms with Gasteiger partial charge in [-0.2, -0.15) is 18.4 Å². The smallest absolute Gasteiger partial charge is 0.296 e. The maximum absolute atomic E-state index is 12.6. The Morgan fingerprint density at radius 3 is 1.67 bits per heavy atom. The minimum atomic E-state index is -4.49. The van der Waals surface area contributed by atoms with Crippen LogP contribution >= 0.6 is 0 Å². The first-order valence-electron chi connectivity index (χ1n) is 22.0. The maximum Gasteiger partial charge on any atom is 0.296 e. The minimum absolute atomic E-state index is 0.212. The van der Waals surface area contributed by atoms with Gasteiger partial charge >= 0.3 is 0 Å². The summed E-state index contributed by atoms with van der Waals surface area (Å²) in [6, 6.07) is 25.2. The first-order chi connectivity index (χ1) is 29.2. The second kappa shape index (κ2) is 15.7. The Morgan fingerprint density at radius 1 is 0.685 bits per heavy atom. The Bertz CT molecular complexity index is 2840. The Kier molecular flexibility index (Phi) is 7.99. The largest absolute Gasteiger partial charge is 0.396 e. The van der Waals surface area contributed by atoms with Crippen molar-refractivity contribution in [3.63, 3.8) is 0 Å². The van der Waals surface area contributed by atoms with E-state index in [9.17, 15) is 13.5 Å². The van der Waals surface area contributed by atoms with Crippen molar-refractivity contribution in [1.82, 2.24) is 28.7 Å². The molecule has 4 aromatic heterocycles. The fourth-order valence-electron chi connectivity index (χ4n) is 6.94. The van der Waals surface area contributed by atoms with Gasteiger partial charge < -0.3 is 14.9 Å². The number of rotatable bonds is 9. The fraction of sp³-hybridized carbons (Fsp3) is 0.366. The number of imidazole rings is 2. The van der Waals surface area contributed by atoms with E-state index in [1.54, 1.807) is 19.1 Å². The van der Waals surface area contributed by atoms with Crippen LogP contribution in [-0.2, 0) is 14.3 Å². The molecule has 0 unspecified atom stereocenters. The summed E-state index contributed by atoms with van der Waals surface area (Å²) in [5.74, 6) is 1.40. The van der Waals surface area contributed by atoms with Crippen LogP contribution in [0.5, 0.6) is 0 Å². The maximum atomic E-state index is 12.6. The van der Waals surface area contributed by atoms with Gasteiger partial charge in [-0.3, -0.25) is 13.0 Å². The van der Waals surface area contributed by atoms with E-state index < -0.39 is 47.8 Å². The lowest BCUT2D eigenvalue weighted by Crippen LogP contribution is -2.34. The number of hydrogen-bond acceptors (Lipinski definition) is 10. The molecule has 3 aromatic carbocycles. The van der Waals surface area contributed by atoms with Crippen LogP contribution in [0.4, 0.5) is 11.6 Å². The van der Waals surface area contributed by atoms with Gasteiger partial charge in [0.2, 0.25) is 11.6 Å². The lowest BCUT2D eigenvalue weighted by molar-refractivity contribution is 0.240. The molecule has 54 heavy (non-hydrogen) atoms. The molecule has 2 saturated heterocycles. The first-order valence-corrected chi connectivity index (χ1v) is 19.4. The number of fused-ring (bicyclic) bond motifs is 6. The lowest BCUT2D eigenvalue weighted by atomic mass is 9.94. The Morgan fingerprint density at radius 2 is 1.17 bits per heavy atom. The van der Waals surface area contributed by atoms with Crippen molar-refractivity contribution in [2.75, 3.05) is 49.1 Å². The predicted octanol–water partition coefficient (Wildman–Crippen LogP) is 6.68. The van der Waals surface area contributed by atoms with Crippen LogP contribution in [-0.4, -0.2) is 81.6 Å². The molecule has 0 amide bonds. The molecular formula is C41H46N8O4S. The molecule has 13 heteroatoms. The third kappa shape index (κ3) is 7.75. The normalized spacial score (nSPS) is 19.3. The molecule has 0 radical (unpaired) electrons. The van der Waals surface area contributed by atoms with E-state index in [4.69, 9.17) is 15.1 Å². The number of aromatic nitrogens is 6. The number of para-hydroxylation sites is 4. The van der Waals surface area contributed by atoms with Gasteiger partial charge in [0.1, 0.15) is 11.6 Å². The molecule has 9 rings (SSSR count). The van der Waals surface area contributed by atoms with Gasteiger partial charge in [0.15, 0.2) is 0 Å². The third-order valence-electron chi connectivity index (χ3n) is 9.96. The third-order valence-corrected chi connectivity index (χ3v) is 11.1. The van der Waals surface area contributed by atoms with Gasteiger partial charge in [-0.1, -0.05) is 42.0 Å². The van der Waals surface area contributed by atoms with Crippen molar-refractivity contribution < 1.29 is 28.7 Å². The summed E-state index contributed by atoms with van der Waals surface area (Å²) in [6.45, 7) is -2.09. The van der Waals surface area contributed by atoms with Crippen molar-refractivity contribution in [3.05, 3.63) is 103 Å². The predicted molar refractivity (Wildman–Crippen MR) is 211 cm³/mol. The lowest BCUT2D eigenvalue weighted by Gasteiger charge is -2.32. The number of nitrogens with zero attached hydrogens (tertiary/aromatic N) is 8. The average molecular weight is 755 g/mol. The van der Waals surface area contributed by atoms with E-state index in [1.165, 1.54) is 12.1 Å². The van der Waals surface area contributed by atoms with Crippen molar-refractivity contribution in [3.8, 4) is 0 Å². The first kappa shape index (κ1) is 27.5. The number of hydrogen-bond donors (Lipinski definition) is 1. The summed E-state index contributed by atoms with van der Waals surface area (Å²) in [5, 5.41) is 9.49. The molecule has 0 spiro atoms. The van der Waals surface area contributed by atoms with E-state index in [1.807, 2.05) is 86.8 Å². The van der Waals surface area contributed by atoms with Crippen LogP contribution in [0.1, 0.15) is 55.0 Å². The van der Waals surface area contributed by atoms with Crippen molar-refractivity contribution in [1.29, 1.82) is 0 Å². The zero-order valence-corrected chi connectivity index (χ0v) is 30.5. The van der Waals surface area contributed by atoms with Gasteiger partial charge in [-0.15, -0.1) is 0 Å². The minimum Gasteiger partial charge on any atom is -0.396 e. The summed E-state index contributed by atoms with van der Waals surface area (Å²) in [7, 11) is -4.49. The monoisotopic (exact) mass is 754 g/mol. The molecule has 2 aliphatic heterocycles. The van der Waals surface area contributed by atoms with Crippen molar-refractivity contribution >= 4 is 55.4 Å². The summed E-state index contributed by atoms with van der Waals surface area (Å²) >= 11 is 0. The van der Waals surface area contributed by atoms with Crippen molar-refractivity contribution in [2.24, 2.45) is 11.8 Å². The quantitative estimate of drug-likeness (QED) is 0.159. The molecule has 6 heterocycles. The molecule has 0 bridgehead atoms. The van der Waals surface area contributed by atoms with E-state index in [-0.39, 0.29) is 4.90 Å². The second-order valence-corrected chi connectivity index (χ2v) is 15.0. The van der Waals surface area contributed by atoms with E-state index >= 15 is 0 Å². The molecular weight excluding hydrogens is 701 g/mol. The summed E-state index contributed by atoms with van der Waals surface area (Å²) in [4.78, 5) is 22.2. The van der Waals surface area contributed by atoms with Gasteiger partial charge in [-0.25, -0.2) is 9.97 Å². The Balaban J connectivity index is 0.000000180. The van der Waals surface area contributed by atoms with Gasteiger partial charge in [0.05, 0.1) is 39.0 Å². The summed E-state index contributed by atoms with van der Waals surface area (Å²) < 4.78 is 97.9. The summed E-state index contributed by atoms with van der Waals surface area (Å²) in [6.07, 6.45) is 0.567. The molecule has 12 nitrogen and oxygen atoms in total. The van der Waals surface area contributed by atoms with Crippen LogP contribution in [0.15, 0.2) is 102 Å². The highest BCUT2D eigenvalue weighted by Crippen LogP contribution is 2.27. The van der Waals surface area contributed by atoms with E-state index in [2.05, 4.69) is 24.8 Å². The molecule has 280 valence electrons. The molecule has 0 saturated carbocycles. The second-order valence-electron chi connectivity index (χ2n) is 13.5. The van der Waals surface area contributed by atoms with Gasteiger partial charge in [0.25, 0.3) is 10.1 Å². The Hall–Kier alpha value is -5.11. The fourth-order valence-corrected chi connectivity index (χ4v) is 7.67. The van der Waals surface area contributed by atoms with Crippen LogP contribution in [0.2, 0.25) is 0 Å².